The molecule has 2 aromatic carbocycles. The van der Waals surface area contributed by atoms with Crippen molar-refractivity contribution in [3.63, 3.8) is 0 Å². The van der Waals surface area contributed by atoms with Gasteiger partial charge in [-0.05, 0) is 43.3 Å². The zero-order chi connectivity index (χ0) is 22.6. The highest BCUT2D eigenvalue weighted by atomic mass is 16.5. The van der Waals surface area contributed by atoms with Gasteiger partial charge in [-0.2, -0.15) is 15.0 Å². The van der Waals surface area contributed by atoms with E-state index >= 15 is 0 Å². The Balaban J connectivity index is 1.39. The van der Waals surface area contributed by atoms with Crippen molar-refractivity contribution in [1.82, 2.24) is 19.9 Å². The summed E-state index contributed by atoms with van der Waals surface area (Å²) in [5.41, 5.74) is 3.57. The summed E-state index contributed by atoms with van der Waals surface area (Å²) >= 11 is 0. The SMILES string of the molecule is Cc1ccc(C2=CC(Nc3nc(Oc4ccccc4)nc(N4CCN(C)CC4)n3)=NC2)cc1. The summed E-state index contributed by atoms with van der Waals surface area (Å²) in [6.07, 6.45) is 2.04. The predicted octanol–water partition coefficient (Wildman–Crippen LogP) is 3.63. The number of para-hydroxylation sites is 1. The van der Waals surface area contributed by atoms with Gasteiger partial charge in [0, 0.05) is 26.2 Å². The van der Waals surface area contributed by atoms with Crippen molar-refractivity contribution in [3.05, 3.63) is 71.8 Å². The van der Waals surface area contributed by atoms with Crippen LogP contribution in [-0.4, -0.2) is 65.5 Å². The second-order valence-corrected chi connectivity index (χ2v) is 8.31. The van der Waals surface area contributed by atoms with E-state index in [2.05, 4.69) is 73.3 Å². The van der Waals surface area contributed by atoms with Gasteiger partial charge in [0.1, 0.15) is 11.6 Å². The number of ether oxygens (including phenoxy) is 1. The lowest BCUT2D eigenvalue weighted by atomic mass is 10.1. The topological polar surface area (TPSA) is 78.8 Å². The van der Waals surface area contributed by atoms with Gasteiger partial charge in [-0.3, -0.25) is 4.99 Å². The van der Waals surface area contributed by atoms with Crippen LogP contribution < -0.4 is 15.0 Å². The summed E-state index contributed by atoms with van der Waals surface area (Å²) in [5.74, 6) is 2.43. The molecular formula is C25H27N7O. The fraction of sp³-hybridized carbons (Fsp3) is 0.280. The van der Waals surface area contributed by atoms with Gasteiger partial charge in [0.25, 0.3) is 0 Å². The number of aromatic nitrogens is 3. The van der Waals surface area contributed by atoms with Gasteiger partial charge in [0.05, 0.1) is 6.54 Å². The summed E-state index contributed by atoms with van der Waals surface area (Å²) in [4.78, 5) is 22.9. The van der Waals surface area contributed by atoms with Gasteiger partial charge < -0.3 is 19.9 Å². The van der Waals surface area contributed by atoms with Crippen molar-refractivity contribution in [2.75, 3.05) is 50.0 Å². The van der Waals surface area contributed by atoms with E-state index in [0.29, 0.717) is 24.2 Å². The number of hydrogen-bond acceptors (Lipinski definition) is 8. The van der Waals surface area contributed by atoms with Crippen molar-refractivity contribution in [3.8, 4) is 11.8 Å². The molecule has 2 aliphatic rings. The van der Waals surface area contributed by atoms with E-state index in [4.69, 9.17) is 4.74 Å². The molecule has 0 spiro atoms. The first-order valence-electron chi connectivity index (χ1n) is 11.1. The highest BCUT2D eigenvalue weighted by Gasteiger charge is 2.20. The zero-order valence-electron chi connectivity index (χ0n) is 18.9. The number of aryl methyl sites for hydroxylation is 1. The molecule has 1 saturated heterocycles. The number of benzene rings is 2. The highest BCUT2D eigenvalue weighted by Crippen LogP contribution is 2.23. The van der Waals surface area contributed by atoms with Crippen LogP contribution >= 0.6 is 0 Å². The number of nitrogens with zero attached hydrogens (tertiary/aromatic N) is 6. The molecule has 5 rings (SSSR count). The smallest absolute Gasteiger partial charge is 0.328 e. The van der Waals surface area contributed by atoms with E-state index in [-0.39, 0.29) is 6.01 Å². The van der Waals surface area contributed by atoms with Crippen LogP contribution in [0, 0.1) is 6.92 Å². The van der Waals surface area contributed by atoms with Crippen molar-refractivity contribution >= 4 is 23.3 Å². The van der Waals surface area contributed by atoms with Crippen molar-refractivity contribution in [2.45, 2.75) is 6.92 Å². The molecule has 3 heterocycles. The lowest BCUT2D eigenvalue weighted by Gasteiger charge is -2.32. The Morgan fingerprint density at radius 1 is 0.879 bits per heavy atom. The normalized spacial score (nSPS) is 16.4. The molecule has 1 N–H and O–H groups in total. The quantitative estimate of drug-likeness (QED) is 0.648. The second-order valence-electron chi connectivity index (χ2n) is 8.31. The van der Waals surface area contributed by atoms with E-state index in [1.807, 2.05) is 36.4 Å². The largest absolute Gasteiger partial charge is 0.424 e. The first kappa shape index (κ1) is 21.1. The number of nitrogens with one attached hydrogen (secondary N) is 1. The summed E-state index contributed by atoms with van der Waals surface area (Å²) in [6, 6.07) is 18.3. The molecule has 8 heteroatoms. The molecule has 0 bridgehead atoms. The van der Waals surface area contributed by atoms with Gasteiger partial charge in [-0.1, -0.05) is 48.0 Å². The molecular weight excluding hydrogens is 414 g/mol. The van der Waals surface area contributed by atoms with Gasteiger partial charge in [0.15, 0.2) is 0 Å². The van der Waals surface area contributed by atoms with E-state index in [0.717, 1.165) is 37.6 Å². The second kappa shape index (κ2) is 9.38. The van der Waals surface area contributed by atoms with Gasteiger partial charge in [-0.15, -0.1) is 0 Å². The van der Waals surface area contributed by atoms with Crippen LogP contribution in [-0.2, 0) is 0 Å². The molecule has 1 fully saturated rings. The van der Waals surface area contributed by atoms with Crippen LogP contribution in [0.15, 0.2) is 65.7 Å². The number of likely N-dealkylation sites (N-methyl/N-ethyl adjacent to an activating group) is 1. The summed E-state index contributed by atoms with van der Waals surface area (Å²) in [5, 5.41) is 3.26. The number of amidine groups is 1. The predicted molar refractivity (Wildman–Crippen MR) is 131 cm³/mol. The maximum Gasteiger partial charge on any atom is 0.328 e. The van der Waals surface area contributed by atoms with Crippen LogP contribution in [0.1, 0.15) is 11.1 Å². The first-order chi connectivity index (χ1) is 16.1. The first-order valence-corrected chi connectivity index (χ1v) is 11.1. The maximum atomic E-state index is 5.94. The Labute approximate surface area is 193 Å². The Morgan fingerprint density at radius 2 is 1.64 bits per heavy atom. The molecule has 168 valence electrons. The Bertz CT molecular complexity index is 1170. The number of anilines is 2. The molecule has 33 heavy (non-hydrogen) atoms. The molecule has 0 saturated carbocycles. The molecule has 8 nitrogen and oxygen atoms in total. The minimum atomic E-state index is 0.258. The van der Waals surface area contributed by atoms with Crippen LogP contribution in [0.25, 0.3) is 5.57 Å². The third kappa shape index (κ3) is 5.18. The highest BCUT2D eigenvalue weighted by molar-refractivity contribution is 6.10. The zero-order valence-corrected chi connectivity index (χ0v) is 18.9. The third-order valence-electron chi connectivity index (χ3n) is 5.73. The minimum Gasteiger partial charge on any atom is -0.424 e. The average Bonchev–Trinajstić information content (AvgIpc) is 3.29. The Morgan fingerprint density at radius 3 is 2.39 bits per heavy atom. The molecule has 3 aromatic rings. The van der Waals surface area contributed by atoms with Crippen LogP contribution in [0.4, 0.5) is 11.9 Å². The standard InChI is InChI=1S/C25H27N7O/c1-18-8-10-19(11-9-18)20-16-22(26-17-20)27-23-28-24(32-14-12-31(2)13-15-32)30-25(29-23)33-21-6-4-3-5-7-21/h3-11,16H,12-15,17H2,1-2H3,(H,26,27,28,29,30). The van der Waals surface area contributed by atoms with E-state index in [9.17, 15) is 0 Å². The average molecular weight is 442 g/mol. The van der Waals surface area contributed by atoms with Crippen LogP contribution in [0.2, 0.25) is 0 Å². The van der Waals surface area contributed by atoms with E-state index in [1.165, 1.54) is 11.1 Å². The van der Waals surface area contributed by atoms with E-state index < -0.39 is 0 Å². The van der Waals surface area contributed by atoms with Crippen molar-refractivity contribution in [1.29, 1.82) is 0 Å². The summed E-state index contributed by atoms with van der Waals surface area (Å²) in [6.45, 7) is 6.32. The molecule has 2 aliphatic heterocycles. The number of hydrogen-bond donors (Lipinski definition) is 1. The van der Waals surface area contributed by atoms with Gasteiger partial charge in [0.2, 0.25) is 11.9 Å². The lowest BCUT2D eigenvalue weighted by molar-refractivity contribution is 0.310. The molecule has 1 aromatic heterocycles. The van der Waals surface area contributed by atoms with E-state index in [1.54, 1.807) is 0 Å². The molecule has 0 radical (unpaired) electrons. The fourth-order valence-corrected chi connectivity index (χ4v) is 3.75. The van der Waals surface area contributed by atoms with Gasteiger partial charge in [-0.25, -0.2) is 0 Å². The monoisotopic (exact) mass is 441 g/mol. The minimum absolute atomic E-state index is 0.258. The van der Waals surface area contributed by atoms with Gasteiger partial charge >= 0.3 is 6.01 Å². The van der Waals surface area contributed by atoms with Crippen LogP contribution in [0.5, 0.6) is 11.8 Å². The number of rotatable bonds is 5. The molecule has 0 atom stereocenters. The molecule has 0 amide bonds. The summed E-state index contributed by atoms with van der Waals surface area (Å²) in [7, 11) is 2.12. The Kier molecular flexibility index (Phi) is 5.99. The summed E-state index contributed by atoms with van der Waals surface area (Å²) < 4.78 is 5.94. The van der Waals surface area contributed by atoms with Crippen LogP contribution in [0.3, 0.4) is 0 Å². The Hall–Kier alpha value is -3.78. The number of piperazine rings is 1. The molecule has 0 unspecified atom stereocenters. The fourth-order valence-electron chi connectivity index (χ4n) is 3.75. The molecule has 0 aliphatic carbocycles. The third-order valence-corrected chi connectivity index (χ3v) is 5.73. The number of aliphatic imine (C=N–C) groups is 1. The van der Waals surface area contributed by atoms with Crippen molar-refractivity contribution in [2.24, 2.45) is 4.99 Å². The maximum absolute atomic E-state index is 5.94. The lowest BCUT2D eigenvalue weighted by Crippen LogP contribution is -2.45. The van der Waals surface area contributed by atoms with Crippen molar-refractivity contribution < 1.29 is 4.74 Å².